The van der Waals surface area contributed by atoms with Crippen molar-refractivity contribution in [3.05, 3.63) is 18.5 Å². The number of nitrogens with one attached hydrogen (secondary N) is 2. The van der Waals surface area contributed by atoms with Crippen LogP contribution in [0.3, 0.4) is 0 Å². The van der Waals surface area contributed by atoms with E-state index in [1.54, 1.807) is 7.11 Å². The molecule has 1 fully saturated rings. The van der Waals surface area contributed by atoms with Crippen molar-refractivity contribution in [3.8, 4) is 0 Å². The molecule has 1 aliphatic carbocycles. The van der Waals surface area contributed by atoms with Gasteiger partial charge in [0.15, 0.2) is 5.96 Å². The Bertz CT molecular complexity index is 486. The summed E-state index contributed by atoms with van der Waals surface area (Å²) in [5, 5.41) is 11.2. The number of nitrogens with zero attached hydrogens (tertiary/aromatic N) is 3. The summed E-state index contributed by atoms with van der Waals surface area (Å²) in [5.74, 6) is 1.38. The highest BCUT2D eigenvalue weighted by atomic mass is 127. The van der Waals surface area contributed by atoms with E-state index >= 15 is 0 Å². The minimum atomic E-state index is 0. The molecule has 1 aromatic rings. The Balaban J connectivity index is 0.00000312. The highest BCUT2D eigenvalue weighted by Gasteiger charge is 2.33. The Labute approximate surface area is 169 Å². The first kappa shape index (κ1) is 22.2. The van der Waals surface area contributed by atoms with Gasteiger partial charge in [-0.3, -0.25) is 9.67 Å². The molecule has 0 bridgehead atoms. The maximum Gasteiger partial charge on any atom is 0.191 e. The number of hydrogen-bond acceptors (Lipinski definition) is 3. The molecule has 0 saturated heterocycles. The van der Waals surface area contributed by atoms with E-state index in [2.05, 4.69) is 27.6 Å². The number of aromatic nitrogens is 2. The zero-order chi connectivity index (χ0) is 17.3. The van der Waals surface area contributed by atoms with E-state index < -0.39 is 0 Å². The van der Waals surface area contributed by atoms with Crippen LogP contribution in [0.15, 0.2) is 23.5 Å². The zero-order valence-electron chi connectivity index (χ0n) is 15.8. The number of halogens is 1. The molecule has 2 rings (SSSR count). The summed E-state index contributed by atoms with van der Waals surface area (Å²) in [4.78, 5) is 4.37. The molecule has 0 amide bonds. The second-order valence-electron chi connectivity index (χ2n) is 7.09. The molecular formula is C18H34IN5O. The number of ether oxygens (including phenoxy) is 1. The largest absolute Gasteiger partial charge is 0.385 e. The molecule has 1 heterocycles. The lowest BCUT2D eigenvalue weighted by Crippen LogP contribution is -2.44. The van der Waals surface area contributed by atoms with Crippen LogP contribution in [0.4, 0.5) is 0 Å². The van der Waals surface area contributed by atoms with Crippen molar-refractivity contribution in [2.75, 3.05) is 33.9 Å². The van der Waals surface area contributed by atoms with E-state index in [4.69, 9.17) is 4.74 Å². The summed E-state index contributed by atoms with van der Waals surface area (Å²) in [6.07, 6.45) is 10.2. The van der Waals surface area contributed by atoms with Gasteiger partial charge in [-0.15, -0.1) is 24.0 Å². The van der Waals surface area contributed by atoms with Gasteiger partial charge in [0.25, 0.3) is 0 Å². The van der Waals surface area contributed by atoms with Crippen LogP contribution in [0.5, 0.6) is 0 Å². The molecule has 2 N–H and O–H groups in total. The highest BCUT2D eigenvalue weighted by molar-refractivity contribution is 14.0. The minimum Gasteiger partial charge on any atom is -0.385 e. The van der Waals surface area contributed by atoms with Crippen LogP contribution < -0.4 is 10.6 Å². The fourth-order valence-electron chi connectivity index (χ4n) is 3.51. The van der Waals surface area contributed by atoms with Crippen LogP contribution in [-0.2, 0) is 11.3 Å². The fourth-order valence-corrected chi connectivity index (χ4v) is 3.51. The second-order valence-corrected chi connectivity index (χ2v) is 7.09. The predicted octanol–water partition coefficient (Wildman–Crippen LogP) is 2.90. The molecule has 1 aliphatic rings. The molecule has 25 heavy (non-hydrogen) atoms. The molecule has 0 spiro atoms. The number of hydrogen-bond donors (Lipinski definition) is 2. The monoisotopic (exact) mass is 463 g/mol. The van der Waals surface area contributed by atoms with Gasteiger partial charge in [-0.1, -0.05) is 19.8 Å². The average molecular weight is 463 g/mol. The third-order valence-electron chi connectivity index (χ3n) is 5.03. The number of rotatable bonds is 9. The Morgan fingerprint density at radius 1 is 1.36 bits per heavy atom. The van der Waals surface area contributed by atoms with E-state index in [0.29, 0.717) is 11.3 Å². The molecular weight excluding hydrogens is 429 g/mol. The molecule has 7 heteroatoms. The van der Waals surface area contributed by atoms with Gasteiger partial charge in [0, 0.05) is 52.8 Å². The van der Waals surface area contributed by atoms with Gasteiger partial charge >= 0.3 is 0 Å². The molecule has 0 radical (unpaired) electrons. The van der Waals surface area contributed by atoms with E-state index in [-0.39, 0.29) is 24.0 Å². The Kier molecular flexibility index (Phi) is 10.4. The third kappa shape index (κ3) is 7.52. The fraction of sp³-hybridized carbons (Fsp3) is 0.778. The topological polar surface area (TPSA) is 63.5 Å². The molecule has 6 nitrogen and oxygen atoms in total. The van der Waals surface area contributed by atoms with Crippen LogP contribution in [-0.4, -0.2) is 49.6 Å². The summed E-state index contributed by atoms with van der Waals surface area (Å²) < 4.78 is 7.28. The van der Waals surface area contributed by atoms with Gasteiger partial charge in [-0.25, -0.2) is 0 Å². The summed E-state index contributed by atoms with van der Waals surface area (Å²) in [5.41, 5.74) is 0.369. The summed E-state index contributed by atoms with van der Waals surface area (Å²) >= 11 is 0. The lowest BCUT2D eigenvalue weighted by atomic mass is 9.83. The van der Waals surface area contributed by atoms with E-state index in [1.165, 1.54) is 25.7 Å². The van der Waals surface area contributed by atoms with Crippen molar-refractivity contribution >= 4 is 29.9 Å². The average Bonchev–Trinajstić information content (AvgIpc) is 3.25. The third-order valence-corrected chi connectivity index (χ3v) is 5.03. The molecule has 1 aromatic heterocycles. The maximum absolute atomic E-state index is 5.31. The van der Waals surface area contributed by atoms with Crippen molar-refractivity contribution in [2.24, 2.45) is 16.3 Å². The van der Waals surface area contributed by atoms with Crippen molar-refractivity contribution in [1.29, 1.82) is 0 Å². The van der Waals surface area contributed by atoms with Gasteiger partial charge < -0.3 is 15.4 Å². The SMILES string of the molecule is CN=C(NCC(C)Cn1cccn1)NCC1(CCOC)CCCC1.I. The zero-order valence-corrected chi connectivity index (χ0v) is 18.2. The van der Waals surface area contributed by atoms with Gasteiger partial charge in [0.2, 0.25) is 0 Å². The molecule has 1 saturated carbocycles. The summed E-state index contributed by atoms with van der Waals surface area (Å²) in [6, 6.07) is 1.96. The van der Waals surface area contributed by atoms with Crippen LogP contribution in [0.25, 0.3) is 0 Å². The standard InChI is InChI=1S/C18H33N5O.HI/c1-16(14-23-11-6-10-22-23)13-20-17(19-2)21-15-18(9-12-24-3)7-4-5-8-18;/h6,10-11,16H,4-5,7-9,12-15H2,1-3H3,(H2,19,20,21);1H. The predicted molar refractivity (Wildman–Crippen MR) is 114 cm³/mol. The number of guanidine groups is 1. The van der Waals surface area contributed by atoms with E-state index in [9.17, 15) is 0 Å². The first-order valence-corrected chi connectivity index (χ1v) is 9.08. The Hall–Kier alpha value is -0.830. The molecule has 0 aliphatic heterocycles. The molecule has 144 valence electrons. The Morgan fingerprint density at radius 2 is 2.12 bits per heavy atom. The van der Waals surface area contributed by atoms with Crippen LogP contribution in [0.2, 0.25) is 0 Å². The molecule has 0 aromatic carbocycles. The molecule has 1 unspecified atom stereocenters. The summed E-state index contributed by atoms with van der Waals surface area (Å²) in [6.45, 7) is 5.83. The lowest BCUT2D eigenvalue weighted by Gasteiger charge is -2.30. The first-order valence-electron chi connectivity index (χ1n) is 9.08. The lowest BCUT2D eigenvalue weighted by molar-refractivity contribution is 0.138. The van der Waals surface area contributed by atoms with Crippen LogP contribution >= 0.6 is 24.0 Å². The Morgan fingerprint density at radius 3 is 2.72 bits per heavy atom. The van der Waals surface area contributed by atoms with Gasteiger partial charge in [0.05, 0.1) is 0 Å². The van der Waals surface area contributed by atoms with Crippen molar-refractivity contribution in [3.63, 3.8) is 0 Å². The molecule has 1 atom stereocenters. The van der Waals surface area contributed by atoms with Crippen molar-refractivity contribution < 1.29 is 4.74 Å². The van der Waals surface area contributed by atoms with Crippen molar-refractivity contribution in [1.82, 2.24) is 20.4 Å². The quantitative estimate of drug-likeness (QED) is 0.336. The second kappa shape index (κ2) is 11.7. The van der Waals surface area contributed by atoms with Gasteiger partial charge in [-0.2, -0.15) is 5.10 Å². The minimum absolute atomic E-state index is 0. The number of methoxy groups -OCH3 is 1. The maximum atomic E-state index is 5.31. The van der Waals surface area contributed by atoms with E-state index in [0.717, 1.165) is 38.6 Å². The number of aliphatic imine (C=N–C) groups is 1. The van der Waals surface area contributed by atoms with Crippen LogP contribution in [0.1, 0.15) is 39.0 Å². The first-order chi connectivity index (χ1) is 11.7. The summed E-state index contributed by atoms with van der Waals surface area (Å²) in [7, 11) is 3.63. The highest BCUT2D eigenvalue weighted by Crippen LogP contribution is 2.40. The normalized spacial score (nSPS) is 17.8. The van der Waals surface area contributed by atoms with E-state index in [1.807, 2.05) is 30.2 Å². The smallest absolute Gasteiger partial charge is 0.191 e. The van der Waals surface area contributed by atoms with Gasteiger partial charge in [0.1, 0.15) is 0 Å². The van der Waals surface area contributed by atoms with Crippen molar-refractivity contribution in [2.45, 2.75) is 45.6 Å². The van der Waals surface area contributed by atoms with Gasteiger partial charge in [-0.05, 0) is 36.7 Å². The van der Waals surface area contributed by atoms with Crippen LogP contribution in [0, 0.1) is 11.3 Å².